The van der Waals surface area contributed by atoms with Crippen molar-refractivity contribution in [1.29, 1.82) is 0 Å². The molecule has 0 aliphatic rings. The van der Waals surface area contributed by atoms with Crippen LogP contribution >= 0.6 is 0 Å². The molecule has 0 saturated carbocycles. The molecule has 2 rings (SSSR count). The van der Waals surface area contributed by atoms with Crippen molar-refractivity contribution in [2.45, 2.75) is 12.8 Å². The molecular weight excluding hydrogens is 256 g/mol. The molecule has 0 aliphatic heterocycles. The van der Waals surface area contributed by atoms with Gasteiger partial charge in [-0.15, -0.1) is 0 Å². The van der Waals surface area contributed by atoms with Crippen molar-refractivity contribution in [1.82, 2.24) is 5.32 Å². The lowest BCUT2D eigenvalue weighted by Crippen LogP contribution is -2.22. The Morgan fingerprint density at radius 1 is 0.900 bits per heavy atom. The van der Waals surface area contributed by atoms with Gasteiger partial charge in [-0.1, -0.05) is 24.3 Å². The van der Waals surface area contributed by atoms with E-state index in [1.165, 1.54) is 18.2 Å². The van der Waals surface area contributed by atoms with E-state index in [1.807, 2.05) is 25.2 Å². The average molecular weight is 275 g/mol. The molecule has 1 atom stereocenters. The average Bonchev–Trinajstić information content (AvgIpc) is 2.42. The predicted octanol–water partition coefficient (Wildman–Crippen LogP) is 3.59. The van der Waals surface area contributed by atoms with Crippen LogP contribution in [0.2, 0.25) is 0 Å². The SMILES string of the molecule is CNCC(Cc1ccc(F)cc1)Cc1cccc(F)c1. The second-order valence-corrected chi connectivity index (χ2v) is 5.09. The zero-order valence-electron chi connectivity index (χ0n) is 11.6. The van der Waals surface area contributed by atoms with E-state index >= 15 is 0 Å². The smallest absolute Gasteiger partial charge is 0.123 e. The lowest BCUT2D eigenvalue weighted by atomic mass is 9.92. The highest BCUT2D eigenvalue weighted by Gasteiger charge is 2.11. The van der Waals surface area contributed by atoms with E-state index in [-0.39, 0.29) is 11.6 Å². The molecule has 3 heteroatoms. The Hall–Kier alpha value is -1.74. The molecular formula is C17H19F2N. The summed E-state index contributed by atoms with van der Waals surface area (Å²) >= 11 is 0. The van der Waals surface area contributed by atoms with Gasteiger partial charge in [0.15, 0.2) is 0 Å². The lowest BCUT2D eigenvalue weighted by molar-refractivity contribution is 0.491. The zero-order valence-corrected chi connectivity index (χ0v) is 11.6. The van der Waals surface area contributed by atoms with Crippen molar-refractivity contribution in [3.05, 3.63) is 71.3 Å². The molecule has 1 N–H and O–H groups in total. The van der Waals surface area contributed by atoms with Gasteiger partial charge in [0.25, 0.3) is 0 Å². The van der Waals surface area contributed by atoms with Gasteiger partial charge in [-0.3, -0.25) is 0 Å². The second-order valence-electron chi connectivity index (χ2n) is 5.09. The maximum absolute atomic E-state index is 13.2. The quantitative estimate of drug-likeness (QED) is 0.849. The highest BCUT2D eigenvalue weighted by molar-refractivity contribution is 5.20. The van der Waals surface area contributed by atoms with Crippen LogP contribution in [0.5, 0.6) is 0 Å². The molecule has 0 aromatic heterocycles. The Balaban J connectivity index is 2.05. The van der Waals surface area contributed by atoms with Crippen LogP contribution in [0.4, 0.5) is 8.78 Å². The summed E-state index contributed by atoms with van der Waals surface area (Å²) in [5.74, 6) is -0.0659. The molecule has 0 heterocycles. The Bertz CT molecular complexity index is 537. The molecule has 0 fully saturated rings. The highest BCUT2D eigenvalue weighted by atomic mass is 19.1. The van der Waals surface area contributed by atoms with Gasteiger partial charge in [-0.25, -0.2) is 8.78 Å². The fourth-order valence-electron chi connectivity index (χ4n) is 2.46. The van der Waals surface area contributed by atoms with Crippen LogP contribution in [-0.2, 0) is 12.8 Å². The lowest BCUT2D eigenvalue weighted by Gasteiger charge is -2.17. The van der Waals surface area contributed by atoms with Gasteiger partial charge in [-0.2, -0.15) is 0 Å². The topological polar surface area (TPSA) is 12.0 Å². The summed E-state index contributed by atoms with van der Waals surface area (Å²) in [7, 11) is 1.91. The summed E-state index contributed by atoms with van der Waals surface area (Å²) in [5.41, 5.74) is 2.09. The van der Waals surface area contributed by atoms with E-state index in [4.69, 9.17) is 0 Å². The Morgan fingerprint density at radius 2 is 1.60 bits per heavy atom. The molecule has 0 aliphatic carbocycles. The molecule has 1 unspecified atom stereocenters. The monoisotopic (exact) mass is 275 g/mol. The number of hydrogen-bond donors (Lipinski definition) is 1. The predicted molar refractivity (Wildman–Crippen MR) is 77.6 cm³/mol. The van der Waals surface area contributed by atoms with E-state index in [0.29, 0.717) is 5.92 Å². The summed E-state index contributed by atoms with van der Waals surface area (Å²) in [6, 6.07) is 13.3. The maximum Gasteiger partial charge on any atom is 0.123 e. The number of halogens is 2. The van der Waals surface area contributed by atoms with Gasteiger partial charge in [0.05, 0.1) is 0 Å². The normalized spacial score (nSPS) is 12.3. The molecule has 0 amide bonds. The van der Waals surface area contributed by atoms with E-state index in [0.717, 1.165) is 30.5 Å². The van der Waals surface area contributed by atoms with Gasteiger partial charge < -0.3 is 5.32 Å². The minimum absolute atomic E-state index is 0.201. The summed E-state index contributed by atoms with van der Waals surface area (Å²) < 4.78 is 26.1. The fourth-order valence-corrected chi connectivity index (χ4v) is 2.46. The third-order valence-corrected chi connectivity index (χ3v) is 3.34. The first-order valence-corrected chi connectivity index (χ1v) is 6.81. The molecule has 2 aromatic rings. The summed E-state index contributed by atoms with van der Waals surface area (Å²) in [5, 5.41) is 3.17. The van der Waals surface area contributed by atoms with Crippen LogP contribution < -0.4 is 5.32 Å². The molecule has 106 valence electrons. The van der Waals surface area contributed by atoms with E-state index < -0.39 is 0 Å². The van der Waals surface area contributed by atoms with Crippen LogP contribution in [0.15, 0.2) is 48.5 Å². The number of hydrogen-bond acceptors (Lipinski definition) is 1. The number of nitrogens with one attached hydrogen (secondary N) is 1. The highest BCUT2D eigenvalue weighted by Crippen LogP contribution is 2.15. The largest absolute Gasteiger partial charge is 0.319 e. The van der Waals surface area contributed by atoms with Crippen LogP contribution in [0.1, 0.15) is 11.1 Å². The molecule has 0 saturated heterocycles. The first-order chi connectivity index (χ1) is 9.67. The Labute approximate surface area is 118 Å². The van der Waals surface area contributed by atoms with Crippen molar-refractivity contribution in [2.75, 3.05) is 13.6 Å². The first kappa shape index (κ1) is 14.7. The minimum Gasteiger partial charge on any atom is -0.319 e. The van der Waals surface area contributed by atoms with Crippen molar-refractivity contribution in [3.63, 3.8) is 0 Å². The third-order valence-electron chi connectivity index (χ3n) is 3.34. The van der Waals surface area contributed by atoms with E-state index in [9.17, 15) is 8.78 Å². The number of benzene rings is 2. The summed E-state index contributed by atoms with van der Waals surface area (Å²) in [4.78, 5) is 0. The van der Waals surface area contributed by atoms with Crippen LogP contribution in [-0.4, -0.2) is 13.6 Å². The summed E-state index contributed by atoms with van der Waals surface area (Å²) in [6.45, 7) is 0.841. The van der Waals surface area contributed by atoms with Crippen LogP contribution in [0.25, 0.3) is 0 Å². The van der Waals surface area contributed by atoms with Gasteiger partial charge in [-0.05, 0) is 67.7 Å². The van der Waals surface area contributed by atoms with Gasteiger partial charge in [0.2, 0.25) is 0 Å². The van der Waals surface area contributed by atoms with Gasteiger partial charge >= 0.3 is 0 Å². The van der Waals surface area contributed by atoms with Crippen LogP contribution in [0.3, 0.4) is 0 Å². The number of rotatable bonds is 6. The summed E-state index contributed by atoms with van der Waals surface area (Å²) in [6.07, 6.45) is 1.65. The third kappa shape index (κ3) is 4.42. The maximum atomic E-state index is 13.2. The molecule has 0 spiro atoms. The second kappa shape index (κ2) is 7.15. The Morgan fingerprint density at radius 3 is 2.25 bits per heavy atom. The zero-order chi connectivity index (χ0) is 14.4. The standard InChI is InChI=1S/C17H19F2N/c1-20-12-15(9-13-5-7-16(18)8-6-13)10-14-3-2-4-17(19)11-14/h2-8,11,15,20H,9-10,12H2,1H3. The molecule has 0 bridgehead atoms. The fraction of sp³-hybridized carbons (Fsp3) is 0.294. The van der Waals surface area contributed by atoms with Crippen molar-refractivity contribution in [2.24, 2.45) is 5.92 Å². The molecule has 1 nitrogen and oxygen atoms in total. The van der Waals surface area contributed by atoms with Gasteiger partial charge in [0.1, 0.15) is 11.6 Å². The van der Waals surface area contributed by atoms with Gasteiger partial charge in [0, 0.05) is 0 Å². The van der Waals surface area contributed by atoms with Crippen molar-refractivity contribution in [3.8, 4) is 0 Å². The van der Waals surface area contributed by atoms with Crippen LogP contribution in [0, 0.1) is 17.6 Å². The molecule has 2 aromatic carbocycles. The first-order valence-electron chi connectivity index (χ1n) is 6.81. The van der Waals surface area contributed by atoms with Crippen molar-refractivity contribution < 1.29 is 8.78 Å². The van der Waals surface area contributed by atoms with E-state index in [1.54, 1.807) is 12.1 Å². The minimum atomic E-state index is -0.218. The molecule has 20 heavy (non-hydrogen) atoms. The van der Waals surface area contributed by atoms with E-state index in [2.05, 4.69) is 5.32 Å². The molecule has 0 radical (unpaired) electrons. The Kier molecular flexibility index (Phi) is 5.24. The van der Waals surface area contributed by atoms with Crippen molar-refractivity contribution >= 4 is 0 Å².